The number of phenolic OH excluding ortho intramolecular Hbond substituents is 1. The van der Waals surface area contributed by atoms with Gasteiger partial charge < -0.3 is 16.2 Å². The second-order valence-electron chi connectivity index (χ2n) is 5.15. The van der Waals surface area contributed by atoms with Gasteiger partial charge in [0, 0.05) is 30.7 Å². The molecule has 1 saturated heterocycles. The van der Waals surface area contributed by atoms with Crippen molar-refractivity contribution in [1.82, 2.24) is 10.2 Å². The highest BCUT2D eigenvalue weighted by Crippen LogP contribution is 2.22. The number of piperidine rings is 1. The molecule has 1 fully saturated rings. The van der Waals surface area contributed by atoms with E-state index in [-0.39, 0.29) is 23.3 Å². The number of aromatic hydroxyl groups is 1. The highest BCUT2D eigenvalue weighted by Gasteiger charge is 2.22. The van der Waals surface area contributed by atoms with Gasteiger partial charge in [0.2, 0.25) is 0 Å². The summed E-state index contributed by atoms with van der Waals surface area (Å²) < 4.78 is 0. The number of halogens is 1. The number of carbonyl (C=O) groups excluding carboxylic acids is 1. The molecule has 0 radical (unpaired) electrons. The third-order valence-corrected chi connectivity index (χ3v) is 3.87. The Hall–Kier alpha value is -1.37. The average molecular weight is 328 g/mol. The number of rotatable bonds is 4. The SMILES string of the molecule is NC(=S)CN1CCC(NC(=O)c2cc(Cl)ccc2O)CC1. The van der Waals surface area contributed by atoms with E-state index in [4.69, 9.17) is 29.6 Å². The normalized spacial score (nSPS) is 16.6. The van der Waals surface area contributed by atoms with Crippen molar-refractivity contribution in [3.8, 4) is 5.75 Å². The van der Waals surface area contributed by atoms with E-state index < -0.39 is 0 Å². The predicted molar refractivity (Wildman–Crippen MR) is 86.8 cm³/mol. The molecule has 2 rings (SSSR count). The Morgan fingerprint density at radius 2 is 2.14 bits per heavy atom. The van der Waals surface area contributed by atoms with Gasteiger partial charge in [-0.3, -0.25) is 9.69 Å². The first kappa shape index (κ1) is 16.0. The summed E-state index contributed by atoms with van der Waals surface area (Å²) in [5.74, 6) is -0.370. The molecule has 0 unspecified atom stereocenters. The van der Waals surface area contributed by atoms with Crippen molar-refractivity contribution < 1.29 is 9.90 Å². The zero-order valence-corrected chi connectivity index (χ0v) is 13.1. The van der Waals surface area contributed by atoms with E-state index in [1.807, 2.05) is 0 Å². The molecule has 0 aliphatic carbocycles. The zero-order chi connectivity index (χ0) is 15.4. The Morgan fingerprint density at radius 3 is 2.76 bits per heavy atom. The van der Waals surface area contributed by atoms with E-state index in [0.29, 0.717) is 16.6 Å². The molecule has 4 N–H and O–H groups in total. The van der Waals surface area contributed by atoms with Gasteiger partial charge >= 0.3 is 0 Å². The van der Waals surface area contributed by atoms with Crippen LogP contribution < -0.4 is 11.1 Å². The fourth-order valence-corrected chi connectivity index (χ4v) is 2.76. The van der Waals surface area contributed by atoms with Crippen molar-refractivity contribution in [2.75, 3.05) is 19.6 Å². The molecule has 0 atom stereocenters. The molecular formula is C14H18ClN3O2S. The lowest BCUT2D eigenvalue weighted by molar-refractivity contribution is 0.0912. The minimum absolute atomic E-state index is 0.0668. The number of nitrogens with two attached hydrogens (primary N) is 1. The first-order valence-electron chi connectivity index (χ1n) is 6.75. The number of nitrogens with zero attached hydrogens (tertiary/aromatic N) is 1. The summed E-state index contributed by atoms with van der Waals surface area (Å²) in [7, 11) is 0. The number of likely N-dealkylation sites (tertiary alicyclic amines) is 1. The molecule has 1 amide bonds. The third-order valence-electron chi connectivity index (χ3n) is 3.51. The van der Waals surface area contributed by atoms with Gasteiger partial charge in [-0.05, 0) is 31.0 Å². The maximum absolute atomic E-state index is 12.2. The quantitative estimate of drug-likeness (QED) is 0.731. The minimum Gasteiger partial charge on any atom is -0.507 e. The topological polar surface area (TPSA) is 78.6 Å². The molecule has 5 nitrogen and oxygen atoms in total. The minimum atomic E-state index is -0.303. The van der Waals surface area contributed by atoms with E-state index in [1.165, 1.54) is 12.1 Å². The van der Waals surface area contributed by atoms with E-state index in [1.54, 1.807) is 6.07 Å². The van der Waals surface area contributed by atoms with Crippen LogP contribution in [0.15, 0.2) is 18.2 Å². The smallest absolute Gasteiger partial charge is 0.255 e. The molecule has 114 valence electrons. The number of carbonyl (C=O) groups is 1. The molecule has 1 aromatic rings. The molecule has 1 aliphatic heterocycles. The Balaban J connectivity index is 1.90. The molecule has 0 saturated carbocycles. The van der Waals surface area contributed by atoms with Crippen LogP contribution in [-0.2, 0) is 0 Å². The molecule has 0 bridgehead atoms. The van der Waals surface area contributed by atoms with Gasteiger partial charge in [0.05, 0.1) is 10.6 Å². The number of benzene rings is 1. The molecule has 21 heavy (non-hydrogen) atoms. The highest BCUT2D eigenvalue weighted by molar-refractivity contribution is 7.80. The molecule has 7 heteroatoms. The number of hydrogen-bond acceptors (Lipinski definition) is 4. The molecule has 1 heterocycles. The van der Waals surface area contributed by atoms with Crippen molar-refractivity contribution >= 4 is 34.7 Å². The summed E-state index contributed by atoms with van der Waals surface area (Å²) in [5.41, 5.74) is 5.73. The third kappa shape index (κ3) is 4.56. The number of phenols is 1. The van der Waals surface area contributed by atoms with Crippen molar-refractivity contribution in [3.05, 3.63) is 28.8 Å². The fraction of sp³-hybridized carbons (Fsp3) is 0.429. The number of nitrogens with one attached hydrogen (secondary N) is 1. The maximum Gasteiger partial charge on any atom is 0.255 e. The van der Waals surface area contributed by atoms with Gasteiger partial charge in [0.25, 0.3) is 5.91 Å². The Bertz CT molecular complexity index is 545. The van der Waals surface area contributed by atoms with Crippen LogP contribution in [0.4, 0.5) is 0 Å². The van der Waals surface area contributed by atoms with Crippen LogP contribution in [0.1, 0.15) is 23.2 Å². The molecule has 1 aromatic carbocycles. The second-order valence-corrected chi connectivity index (χ2v) is 6.11. The summed E-state index contributed by atoms with van der Waals surface area (Å²) in [6.07, 6.45) is 1.66. The van der Waals surface area contributed by atoms with Crippen molar-refractivity contribution in [1.29, 1.82) is 0 Å². The van der Waals surface area contributed by atoms with E-state index in [2.05, 4.69) is 10.2 Å². The lowest BCUT2D eigenvalue weighted by atomic mass is 10.0. The summed E-state index contributed by atoms with van der Waals surface area (Å²) in [6, 6.07) is 4.51. The Morgan fingerprint density at radius 1 is 1.48 bits per heavy atom. The van der Waals surface area contributed by atoms with E-state index >= 15 is 0 Å². The van der Waals surface area contributed by atoms with Crippen LogP contribution in [-0.4, -0.2) is 46.6 Å². The van der Waals surface area contributed by atoms with Crippen molar-refractivity contribution in [2.45, 2.75) is 18.9 Å². The summed E-state index contributed by atoms with van der Waals surface area (Å²) >= 11 is 10.7. The lowest BCUT2D eigenvalue weighted by Crippen LogP contribution is -2.46. The van der Waals surface area contributed by atoms with Crippen LogP contribution in [0.3, 0.4) is 0 Å². The average Bonchev–Trinajstić information content (AvgIpc) is 2.43. The van der Waals surface area contributed by atoms with Crippen LogP contribution in [0.25, 0.3) is 0 Å². The Kier molecular flexibility index (Phi) is 5.39. The van der Waals surface area contributed by atoms with Crippen molar-refractivity contribution in [3.63, 3.8) is 0 Å². The molecule has 1 aliphatic rings. The number of amides is 1. The molecule has 0 spiro atoms. The highest BCUT2D eigenvalue weighted by atomic mass is 35.5. The summed E-state index contributed by atoms with van der Waals surface area (Å²) in [6.45, 7) is 2.29. The largest absolute Gasteiger partial charge is 0.507 e. The first-order chi connectivity index (χ1) is 9.95. The lowest BCUT2D eigenvalue weighted by Gasteiger charge is -2.32. The van der Waals surface area contributed by atoms with Gasteiger partial charge in [-0.15, -0.1) is 0 Å². The second kappa shape index (κ2) is 7.06. The van der Waals surface area contributed by atoms with Crippen LogP contribution in [0.5, 0.6) is 5.75 Å². The van der Waals surface area contributed by atoms with Gasteiger partial charge in [0.1, 0.15) is 5.75 Å². The van der Waals surface area contributed by atoms with Crippen LogP contribution >= 0.6 is 23.8 Å². The zero-order valence-electron chi connectivity index (χ0n) is 11.5. The van der Waals surface area contributed by atoms with Gasteiger partial charge in [-0.1, -0.05) is 23.8 Å². The summed E-state index contributed by atoms with van der Waals surface area (Å²) in [4.78, 5) is 14.8. The fourth-order valence-electron chi connectivity index (χ4n) is 2.41. The van der Waals surface area contributed by atoms with Crippen molar-refractivity contribution in [2.24, 2.45) is 5.73 Å². The van der Waals surface area contributed by atoms with Crippen LogP contribution in [0, 0.1) is 0 Å². The standard InChI is InChI=1S/C14H18ClN3O2S/c15-9-1-2-12(19)11(7-9)14(20)17-10-3-5-18(6-4-10)8-13(16)21/h1-2,7,10,19H,3-6,8H2,(H2,16,21)(H,17,20). The van der Waals surface area contributed by atoms with Crippen LogP contribution in [0.2, 0.25) is 5.02 Å². The molecular weight excluding hydrogens is 310 g/mol. The Labute approximate surface area is 134 Å². The van der Waals surface area contributed by atoms with E-state index in [0.717, 1.165) is 25.9 Å². The van der Waals surface area contributed by atoms with Gasteiger partial charge in [-0.25, -0.2) is 0 Å². The first-order valence-corrected chi connectivity index (χ1v) is 7.54. The van der Waals surface area contributed by atoms with Gasteiger partial charge in [-0.2, -0.15) is 0 Å². The monoisotopic (exact) mass is 327 g/mol. The molecule has 0 aromatic heterocycles. The maximum atomic E-state index is 12.2. The van der Waals surface area contributed by atoms with E-state index in [9.17, 15) is 9.90 Å². The van der Waals surface area contributed by atoms with Gasteiger partial charge in [0.15, 0.2) is 0 Å². The predicted octanol–water partition coefficient (Wildman–Crippen LogP) is 1.53. The summed E-state index contributed by atoms with van der Waals surface area (Å²) in [5, 5.41) is 13.1. The number of thiocarbonyl (C=S) groups is 1. The number of hydrogen-bond donors (Lipinski definition) is 3.